The van der Waals surface area contributed by atoms with Crippen molar-refractivity contribution in [2.45, 2.75) is 25.7 Å². The molecule has 1 amide bonds. The van der Waals surface area contributed by atoms with Crippen LogP contribution in [0.3, 0.4) is 0 Å². The molecular weight excluding hydrogens is 226 g/mol. The van der Waals surface area contributed by atoms with Gasteiger partial charge in [0.1, 0.15) is 5.76 Å². The van der Waals surface area contributed by atoms with Gasteiger partial charge in [-0.1, -0.05) is 11.1 Å². The van der Waals surface area contributed by atoms with Crippen LogP contribution in [0.25, 0.3) is 6.08 Å². The fourth-order valence-corrected chi connectivity index (χ4v) is 2.41. The Bertz CT molecular complexity index is 481. The maximum Gasteiger partial charge on any atom is 0.246 e. The SMILES string of the molecule is O=C(/C=C/c1ccco1)N1CCC(=C2CC2)CC1. The Kier molecular flexibility index (Phi) is 3.05. The summed E-state index contributed by atoms with van der Waals surface area (Å²) >= 11 is 0. The number of carbonyl (C=O) groups is 1. The van der Waals surface area contributed by atoms with Gasteiger partial charge in [-0.15, -0.1) is 0 Å². The van der Waals surface area contributed by atoms with Crippen LogP contribution >= 0.6 is 0 Å². The summed E-state index contributed by atoms with van der Waals surface area (Å²) in [6.07, 6.45) is 9.67. The Hall–Kier alpha value is -1.77. The number of rotatable bonds is 2. The lowest BCUT2D eigenvalue weighted by molar-refractivity contribution is -0.126. The summed E-state index contributed by atoms with van der Waals surface area (Å²) in [5, 5.41) is 0. The normalized spacial score (nSPS) is 19.7. The van der Waals surface area contributed by atoms with Crippen molar-refractivity contribution in [2.75, 3.05) is 13.1 Å². The highest BCUT2D eigenvalue weighted by Crippen LogP contribution is 2.35. The molecule has 1 saturated heterocycles. The maximum atomic E-state index is 12.0. The number of allylic oxidation sites excluding steroid dienone is 1. The van der Waals surface area contributed by atoms with Crippen LogP contribution in [0.2, 0.25) is 0 Å². The number of piperidine rings is 1. The van der Waals surface area contributed by atoms with Gasteiger partial charge in [0.2, 0.25) is 5.91 Å². The maximum absolute atomic E-state index is 12.0. The molecule has 0 atom stereocenters. The minimum absolute atomic E-state index is 0.0891. The van der Waals surface area contributed by atoms with E-state index in [0.29, 0.717) is 0 Å². The molecule has 18 heavy (non-hydrogen) atoms. The van der Waals surface area contributed by atoms with Crippen molar-refractivity contribution in [3.8, 4) is 0 Å². The fraction of sp³-hybridized carbons (Fsp3) is 0.400. The zero-order chi connectivity index (χ0) is 12.4. The van der Waals surface area contributed by atoms with Crippen molar-refractivity contribution >= 4 is 12.0 Å². The lowest BCUT2D eigenvalue weighted by Crippen LogP contribution is -2.35. The largest absolute Gasteiger partial charge is 0.465 e. The molecule has 3 rings (SSSR count). The first-order chi connectivity index (χ1) is 8.83. The molecule has 1 aliphatic carbocycles. The number of furan rings is 1. The van der Waals surface area contributed by atoms with Crippen molar-refractivity contribution in [2.24, 2.45) is 0 Å². The summed E-state index contributed by atoms with van der Waals surface area (Å²) in [4.78, 5) is 13.9. The van der Waals surface area contributed by atoms with Crippen LogP contribution in [0, 0.1) is 0 Å². The standard InChI is InChI=1S/C15H17NO2/c17-15(6-5-14-2-1-11-18-14)16-9-7-13(8-10-16)12-3-4-12/h1-2,5-6,11H,3-4,7-10H2/b6-5+. The predicted octanol–water partition coefficient (Wildman–Crippen LogP) is 3.01. The zero-order valence-corrected chi connectivity index (χ0v) is 10.4. The van der Waals surface area contributed by atoms with Crippen molar-refractivity contribution in [3.05, 3.63) is 41.4 Å². The van der Waals surface area contributed by atoms with E-state index in [1.807, 2.05) is 17.0 Å². The molecule has 0 bridgehead atoms. The fourth-order valence-electron chi connectivity index (χ4n) is 2.41. The van der Waals surface area contributed by atoms with Crippen LogP contribution in [0.15, 0.2) is 40.0 Å². The summed E-state index contributed by atoms with van der Waals surface area (Å²) in [5.41, 5.74) is 3.25. The van der Waals surface area contributed by atoms with Crippen molar-refractivity contribution in [3.63, 3.8) is 0 Å². The Balaban J connectivity index is 1.56. The zero-order valence-electron chi connectivity index (χ0n) is 10.4. The van der Waals surface area contributed by atoms with E-state index >= 15 is 0 Å². The summed E-state index contributed by atoms with van der Waals surface area (Å²) in [7, 11) is 0. The number of hydrogen-bond donors (Lipinski definition) is 0. The van der Waals surface area contributed by atoms with Gasteiger partial charge in [0, 0.05) is 19.2 Å². The quantitative estimate of drug-likeness (QED) is 0.591. The Morgan fingerprint density at radius 3 is 2.50 bits per heavy atom. The lowest BCUT2D eigenvalue weighted by Gasteiger charge is -2.27. The van der Waals surface area contributed by atoms with Crippen LogP contribution in [-0.4, -0.2) is 23.9 Å². The second-order valence-electron chi connectivity index (χ2n) is 4.88. The average molecular weight is 243 g/mol. The predicted molar refractivity (Wildman–Crippen MR) is 69.8 cm³/mol. The van der Waals surface area contributed by atoms with Gasteiger partial charge in [0.15, 0.2) is 0 Å². The molecule has 0 N–H and O–H groups in total. The van der Waals surface area contributed by atoms with Crippen LogP contribution in [-0.2, 0) is 4.79 Å². The molecule has 1 saturated carbocycles. The van der Waals surface area contributed by atoms with E-state index in [-0.39, 0.29) is 5.91 Å². The number of hydrogen-bond acceptors (Lipinski definition) is 2. The Morgan fingerprint density at radius 2 is 1.89 bits per heavy atom. The number of likely N-dealkylation sites (tertiary alicyclic amines) is 1. The number of amides is 1. The first kappa shape index (κ1) is 11.3. The average Bonchev–Trinajstić information content (AvgIpc) is 3.13. The molecule has 2 fully saturated rings. The van der Waals surface area contributed by atoms with Gasteiger partial charge in [-0.2, -0.15) is 0 Å². The van der Waals surface area contributed by atoms with E-state index in [2.05, 4.69) is 0 Å². The molecule has 0 aromatic carbocycles. The third-order valence-corrected chi connectivity index (χ3v) is 3.61. The monoisotopic (exact) mass is 243 g/mol. The van der Waals surface area contributed by atoms with Crippen LogP contribution in [0.5, 0.6) is 0 Å². The first-order valence-corrected chi connectivity index (χ1v) is 6.53. The summed E-state index contributed by atoms with van der Waals surface area (Å²) < 4.78 is 5.16. The molecule has 1 aromatic rings. The summed E-state index contributed by atoms with van der Waals surface area (Å²) in [6, 6.07) is 3.66. The molecule has 0 radical (unpaired) electrons. The molecule has 1 aromatic heterocycles. The smallest absolute Gasteiger partial charge is 0.246 e. The third-order valence-electron chi connectivity index (χ3n) is 3.61. The molecule has 2 aliphatic rings. The van der Waals surface area contributed by atoms with Crippen LogP contribution in [0.4, 0.5) is 0 Å². The van der Waals surface area contributed by atoms with Crippen molar-refractivity contribution < 1.29 is 9.21 Å². The van der Waals surface area contributed by atoms with Crippen LogP contribution in [0.1, 0.15) is 31.4 Å². The van der Waals surface area contributed by atoms with Crippen LogP contribution < -0.4 is 0 Å². The van der Waals surface area contributed by atoms with E-state index in [0.717, 1.165) is 31.7 Å². The van der Waals surface area contributed by atoms with Crippen molar-refractivity contribution in [1.82, 2.24) is 4.90 Å². The molecule has 1 aliphatic heterocycles. The number of nitrogens with zero attached hydrogens (tertiary/aromatic N) is 1. The van der Waals surface area contributed by atoms with Gasteiger partial charge in [0.25, 0.3) is 0 Å². The second-order valence-corrected chi connectivity index (χ2v) is 4.88. The second kappa shape index (κ2) is 4.84. The highest BCUT2D eigenvalue weighted by atomic mass is 16.3. The van der Waals surface area contributed by atoms with Gasteiger partial charge in [-0.3, -0.25) is 4.79 Å². The molecule has 3 nitrogen and oxygen atoms in total. The Morgan fingerprint density at radius 1 is 1.17 bits per heavy atom. The van der Waals surface area contributed by atoms with Gasteiger partial charge in [0.05, 0.1) is 6.26 Å². The third kappa shape index (κ3) is 2.55. The molecule has 0 unspecified atom stereocenters. The van der Waals surface area contributed by atoms with E-state index in [9.17, 15) is 4.79 Å². The Labute approximate surface area is 107 Å². The highest BCUT2D eigenvalue weighted by molar-refractivity contribution is 5.91. The number of carbonyl (C=O) groups excluding carboxylic acids is 1. The molecule has 94 valence electrons. The van der Waals surface area contributed by atoms with E-state index in [1.165, 1.54) is 12.8 Å². The first-order valence-electron chi connectivity index (χ1n) is 6.53. The van der Waals surface area contributed by atoms with Crippen molar-refractivity contribution in [1.29, 1.82) is 0 Å². The molecule has 3 heteroatoms. The van der Waals surface area contributed by atoms with Gasteiger partial charge < -0.3 is 9.32 Å². The lowest BCUT2D eigenvalue weighted by atomic mass is 10.0. The van der Waals surface area contributed by atoms with E-state index in [1.54, 1.807) is 29.6 Å². The summed E-state index contributed by atoms with van der Waals surface area (Å²) in [5.74, 6) is 0.812. The molecule has 2 heterocycles. The molecule has 0 spiro atoms. The summed E-state index contributed by atoms with van der Waals surface area (Å²) in [6.45, 7) is 1.72. The minimum Gasteiger partial charge on any atom is -0.465 e. The minimum atomic E-state index is 0.0891. The van der Waals surface area contributed by atoms with Gasteiger partial charge in [-0.25, -0.2) is 0 Å². The van der Waals surface area contributed by atoms with E-state index in [4.69, 9.17) is 4.42 Å². The van der Waals surface area contributed by atoms with Gasteiger partial charge >= 0.3 is 0 Å². The van der Waals surface area contributed by atoms with Gasteiger partial charge in [-0.05, 0) is 43.9 Å². The highest BCUT2D eigenvalue weighted by Gasteiger charge is 2.23. The van der Waals surface area contributed by atoms with E-state index < -0.39 is 0 Å². The molecular formula is C15H17NO2. The topological polar surface area (TPSA) is 33.5 Å².